The summed E-state index contributed by atoms with van der Waals surface area (Å²) < 4.78 is 1.94. The van der Waals surface area contributed by atoms with Gasteiger partial charge in [-0.1, -0.05) is 36.9 Å². The fraction of sp³-hybridized carbons (Fsp3) is 0.333. The van der Waals surface area contributed by atoms with Crippen LogP contribution in [0.3, 0.4) is 0 Å². The average molecular weight is 388 g/mol. The minimum absolute atomic E-state index is 0.0136. The number of aryl methyl sites for hydroxylation is 2. The first kappa shape index (κ1) is 18.6. The lowest BCUT2D eigenvalue weighted by Gasteiger charge is -2.10. The maximum Gasteiger partial charge on any atom is 0.230 e. The molecule has 0 bridgehead atoms. The van der Waals surface area contributed by atoms with Crippen molar-refractivity contribution in [3.05, 3.63) is 52.2 Å². The Morgan fingerprint density at radius 1 is 1.35 bits per heavy atom. The number of aromatic nitrogens is 4. The molecule has 0 aliphatic heterocycles. The van der Waals surface area contributed by atoms with E-state index in [9.17, 15) is 4.79 Å². The molecule has 8 heteroatoms. The lowest BCUT2D eigenvalue weighted by molar-refractivity contribution is -0.118. The largest absolute Gasteiger partial charge is 0.355 e. The van der Waals surface area contributed by atoms with Crippen LogP contribution in [0.2, 0.25) is 0 Å². The predicted octanol–water partition coefficient (Wildman–Crippen LogP) is 3.05. The molecule has 136 valence electrons. The summed E-state index contributed by atoms with van der Waals surface area (Å²) in [5.41, 5.74) is 3.30. The summed E-state index contributed by atoms with van der Waals surface area (Å²) in [5.74, 6) is 0.295. The van der Waals surface area contributed by atoms with Crippen LogP contribution in [0.1, 0.15) is 23.2 Å². The zero-order valence-electron chi connectivity index (χ0n) is 14.8. The Balaban J connectivity index is 1.54. The van der Waals surface area contributed by atoms with Crippen molar-refractivity contribution in [3.8, 4) is 5.69 Å². The molecule has 0 atom stereocenters. The number of hydrogen-bond donors (Lipinski definition) is 1. The number of nitrogens with zero attached hydrogens (tertiary/aromatic N) is 4. The van der Waals surface area contributed by atoms with E-state index in [1.807, 2.05) is 35.1 Å². The molecule has 1 N–H and O–H groups in total. The van der Waals surface area contributed by atoms with Crippen molar-refractivity contribution in [2.24, 2.45) is 0 Å². The van der Waals surface area contributed by atoms with Crippen molar-refractivity contribution in [2.75, 3.05) is 12.3 Å². The van der Waals surface area contributed by atoms with Crippen LogP contribution >= 0.6 is 23.1 Å². The van der Waals surface area contributed by atoms with E-state index in [2.05, 4.69) is 33.5 Å². The molecule has 0 unspecified atom stereocenters. The van der Waals surface area contributed by atoms with Crippen molar-refractivity contribution in [2.45, 2.75) is 31.8 Å². The van der Waals surface area contributed by atoms with Gasteiger partial charge < -0.3 is 5.32 Å². The van der Waals surface area contributed by atoms with Crippen LogP contribution in [0.25, 0.3) is 5.69 Å². The third-order valence-corrected chi connectivity index (χ3v) is 5.62. The van der Waals surface area contributed by atoms with Gasteiger partial charge in [0.05, 0.1) is 22.1 Å². The van der Waals surface area contributed by atoms with Crippen LogP contribution < -0.4 is 5.32 Å². The highest BCUT2D eigenvalue weighted by atomic mass is 32.2. The summed E-state index contributed by atoms with van der Waals surface area (Å²) in [6.07, 6.45) is 3.37. The van der Waals surface area contributed by atoms with Gasteiger partial charge >= 0.3 is 0 Å². The zero-order chi connectivity index (χ0) is 18.4. The summed E-state index contributed by atoms with van der Waals surface area (Å²) in [5, 5.41) is 14.9. The lowest BCUT2D eigenvalue weighted by Crippen LogP contribution is -2.27. The number of rotatable bonds is 8. The molecule has 2 aromatic heterocycles. The van der Waals surface area contributed by atoms with Crippen molar-refractivity contribution in [3.63, 3.8) is 0 Å². The lowest BCUT2D eigenvalue weighted by atomic mass is 10.1. The molecule has 26 heavy (non-hydrogen) atoms. The Labute approximate surface area is 161 Å². The Morgan fingerprint density at radius 2 is 2.19 bits per heavy atom. The van der Waals surface area contributed by atoms with Crippen molar-refractivity contribution >= 4 is 29.0 Å². The number of thioether (sulfide) groups is 1. The molecule has 1 amide bonds. The number of carbonyl (C=O) groups excluding carboxylic acids is 1. The van der Waals surface area contributed by atoms with Gasteiger partial charge in [-0.3, -0.25) is 9.36 Å². The molecule has 2 heterocycles. The topological polar surface area (TPSA) is 72.7 Å². The van der Waals surface area contributed by atoms with Gasteiger partial charge in [-0.15, -0.1) is 21.5 Å². The zero-order valence-corrected chi connectivity index (χ0v) is 16.4. The molecule has 0 radical (unpaired) electrons. The molecule has 0 aliphatic carbocycles. The Morgan fingerprint density at radius 3 is 2.96 bits per heavy atom. The van der Waals surface area contributed by atoms with Crippen molar-refractivity contribution in [1.29, 1.82) is 0 Å². The van der Waals surface area contributed by atoms with Gasteiger partial charge in [-0.2, -0.15) is 0 Å². The molecule has 6 nitrogen and oxygen atoms in total. The normalized spacial score (nSPS) is 10.8. The number of thiazole rings is 1. The number of amides is 1. The van der Waals surface area contributed by atoms with Gasteiger partial charge in [0, 0.05) is 18.3 Å². The fourth-order valence-electron chi connectivity index (χ4n) is 2.57. The van der Waals surface area contributed by atoms with Gasteiger partial charge in [-0.05, 0) is 25.0 Å². The highest BCUT2D eigenvalue weighted by Crippen LogP contribution is 2.22. The van der Waals surface area contributed by atoms with Gasteiger partial charge in [0.15, 0.2) is 5.16 Å². The highest BCUT2D eigenvalue weighted by molar-refractivity contribution is 7.99. The summed E-state index contributed by atoms with van der Waals surface area (Å²) in [6, 6.07) is 8.16. The standard InChI is InChI=1S/C18H21N5OS2/c1-3-14-6-4-5-7-16(14)23-12-20-22-18(23)26-11-17(24)19-9-8-15-10-25-13(2)21-15/h4-7,10,12H,3,8-9,11H2,1-2H3,(H,19,24). The SMILES string of the molecule is CCc1ccccc1-n1cnnc1SCC(=O)NCCc1csc(C)n1. The van der Waals surface area contributed by atoms with Gasteiger partial charge in [0.2, 0.25) is 5.91 Å². The number of benzene rings is 1. The van der Waals surface area contributed by atoms with Crippen LogP contribution in [0, 0.1) is 6.92 Å². The number of carbonyl (C=O) groups is 1. The van der Waals surface area contributed by atoms with E-state index in [0.29, 0.717) is 12.3 Å². The molecule has 0 aliphatic rings. The first-order valence-corrected chi connectivity index (χ1v) is 10.3. The van der Waals surface area contributed by atoms with E-state index in [0.717, 1.165) is 34.4 Å². The van der Waals surface area contributed by atoms with Crippen LogP contribution in [0.5, 0.6) is 0 Å². The molecular formula is C18H21N5OS2. The summed E-state index contributed by atoms with van der Waals surface area (Å²) in [7, 11) is 0. The van der Waals surface area contributed by atoms with E-state index >= 15 is 0 Å². The van der Waals surface area contributed by atoms with Gasteiger partial charge in [0.1, 0.15) is 6.33 Å². The van der Waals surface area contributed by atoms with Crippen LogP contribution in [0.4, 0.5) is 0 Å². The van der Waals surface area contributed by atoms with Gasteiger partial charge in [0.25, 0.3) is 0 Å². The second-order valence-corrected chi connectivity index (χ2v) is 7.72. The average Bonchev–Trinajstić information content (AvgIpc) is 3.28. The maximum atomic E-state index is 12.1. The first-order valence-electron chi connectivity index (χ1n) is 8.46. The van der Waals surface area contributed by atoms with E-state index in [4.69, 9.17) is 0 Å². The number of nitrogens with one attached hydrogen (secondary N) is 1. The van der Waals surface area contributed by atoms with E-state index < -0.39 is 0 Å². The van der Waals surface area contributed by atoms with Gasteiger partial charge in [-0.25, -0.2) is 4.98 Å². The highest BCUT2D eigenvalue weighted by Gasteiger charge is 2.12. The minimum atomic E-state index is -0.0136. The smallest absolute Gasteiger partial charge is 0.230 e. The predicted molar refractivity (Wildman–Crippen MR) is 105 cm³/mol. The molecule has 0 spiro atoms. The molecule has 0 saturated carbocycles. The number of hydrogen-bond acceptors (Lipinski definition) is 6. The molecule has 0 saturated heterocycles. The first-order chi connectivity index (χ1) is 12.7. The quantitative estimate of drug-likeness (QED) is 0.602. The second-order valence-electron chi connectivity index (χ2n) is 5.71. The number of para-hydroxylation sites is 1. The summed E-state index contributed by atoms with van der Waals surface area (Å²) >= 11 is 3.02. The third-order valence-electron chi connectivity index (χ3n) is 3.85. The van der Waals surface area contributed by atoms with Crippen LogP contribution in [-0.2, 0) is 17.6 Å². The summed E-state index contributed by atoms with van der Waals surface area (Å²) in [4.78, 5) is 16.5. The second kappa shape index (κ2) is 8.95. The van der Waals surface area contributed by atoms with Crippen molar-refractivity contribution < 1.29 is 4.79 Å². The minimum Gasteiger partial charge on any atom is -0.355 e. The maximum absolute atomic E-state index is 12.1. The summed E-state index contributed by atoms with van der Waals surface area (Å²) in [6.45, 7) is 4.69. The molecule has 3 aromatic rings. The molecule has 0 fully saturated rings. The molecular weight excluding hydrogens is 366 g/mol. The van der Waals surface area contributed by atoms with E-state index in [1.54, 1.807) is 17.7 Å². The Bertz CT molecular complexity index is 874. The van der Waals surface area contributed by atoms with Crippen LogP contribution in [0.15, 0.2) is 41.1 Å². The Hall–Kier alpha value is -2.19. The van der Waals surface area contributed by atoms with Crippen molar-refractivity contribution in [1.82, 2.24) is 25.1 Å². The molecule has 1 aromatic carbocycles. The van der Waals surface area contributed by atoms with E-state index in [-0.39, 0.29) is 5.91 Å². The fourth-order valence-corrected chi connectivity index (χ4v) is 3.97. The Kier molecular flexibility index (Phi) is 6.40. The van der Waals surface area contributed by atoms with Crippen LogP contribution in [-0.4, -0.2) is 38.0 Å². The third kappa shape index (κ3) is 4.70. The monoisotopic (exact) mass is 387 g/mol. The van der Waals surface area contributed by atoms with E-state index in [1.165, 1.54) is 17.3 Å². The molecule has 3 rings (SSSR count).